The quantitative estimate of drug-likeness (QED) is 0.602. The largest absolute Gasteiger partial charge is 0.326 e. The van der Waals surface area contributed by atoms with Crippen molar-refractivity contribution in [2.24, 2.45) is 5.92 Å². The Morgan fingerprint density at radius 2 is 2.18 bits per heavy atom. The van der Waals surface area contributed by atoms with Gasteiger partial charge in [-0.3, -0.25) is 4.98 Å². The molecule has 3 nitrogen and oxygen atoms in total. The smallest absolute Gasteiger partial charge is 0.0629 e. The Balaban J connectivity index is 2.28. The van der Waals surface area contributed by atoms with Crippen LogP contribution in [0.1, 0.15) is 19.5 Å². The molecular formula is C14H21N3. The highest BCUT2D eigenvalue weighted by Crippen LogP contribution is 1.96. The second kappa shape index (κ2) is 7.63. The fraction of sp³-hybridized carbons (Fsp3) is 0.357. The fourth-order valence-electron chi connectivity index (χ4n) is 1.45. The maximum atomic E-state index is 4.20. The summed E-state index contributed by atoms with van der Waals surface area (Å²) in [4.78, 5) is 4.20. The molecule has 17 heavy (non-hydrogen) atoms. The van der Waals surface area contributed by atoms with Gasteiger partial charge in [-0.25, -0.2) is 5.01 Å². The first-order valence-corrected chi connectivity index (χ1v) is 5.90. The number of pyridine rings is 1. The van der Waals surface area contributed by atoms with Crippen molar-refractivity contribution in [1.82, 2.24) is 15.4 Å². The van der Waals surface area contributed by atoms with E-state index in [1.165, 1.54) is 0 Å². The first-order valence-electron chi connectivity index (χ1n) is 5.90. The summed E-state index contributed by atoms with van der Waals surface area (Å²) >= 11 is 0. The van der Waals surface area contributed by atoms with E-state index >= 15 is 0 Å². The Labute approximate surface area is 104 Å². The minimum absolute atomic E-state index is 0.657. The third-order valence-electron chi connectivity index (χ3n) is 2.10. The second-order valence-electron chi connectivity index (χ2n) is 4.38. The average molecular weight is 231 g/mol. The predicted molar refractivity (Wildman–Crippen MR) is 73.0 cm³/mol. The SMILES string of the molecule is CC(C)CN(C)N/C=C\C=C/c1ccccn1. The second-order valence-corrected chi connectivity index (χ2v) is 4.38. The van der Waals surface area contributed by atoms with Gasteiger partial charge >= 0.3 is 0 Å². The molecule has 0 aromatic carbocycles. The van der Waals surface area contributed by atoms with Crippen LogP contribution in [0.3, 0.4) is 0 Å². The summed E-state index contributed by atoms with van der Waals surface area (Å²) in [5, 5.41) is 2.07. The third-order valence-corrected chi connectivity index (χ3v) is 2.10. The van der Waals surface area contributed by atoms with Crippen LogP contribution in [0.4, 0.5) is 0 Å². The summed E-state index contributed by atoms with van der Waals surface area (Å²) in [7, 11) is 2.03. The highest BCUT2D eigenvalue weighted by atomic mass is 15.5. The maximum Gasteiger partial charge on any atom is 0.0629 e. The van der Waals surface area contributed by atoms with Gasteiger partial charge in [-0.1, -0.05) is 26.0 Å². The molecule has 0 atom stereocenters. The molecule has 0 saturated heterocycles. The summed E-state index contributed by atoms with van der Waals surface area (Å²) < 4.78 is 0. The molecule has 0 aliphatic rings. The Hall–Kier alpha value is -1.61. The van der Waals surface area contributed by atoms with E-state index in [1.54, 1.807) is 6.20 Å². The monoisotopic (exact) mass is 231 g/mol. The first kappa shape index (κ1) is 13.5. The minimum atomic E-state index is 0.657. The molecule has 1 rings (SSSR count). The normalized spacial score (nSPS) is 12.1. The molecule has 0 saturated carbocycles. The van der Waals surface area contributed by atoms with E-state index in [4.69, 9.17) is 0 Å². The van der Waals surface area contributed by atoms with Crippen molar-refractivity contribution in [2.75, 3.05) is 13.6 Å². The van der Waals surface area contributed by atoms with Gasteiger partial charge in [0.2, 0.25) is 0 Å². The van der Waals surface area contributed by atoms with Crippen LogP contribution in [0.2, 0.25) is 0 Å². The van der Waals surface area contributed by atoms with Gasteiger partial charge in [0.1, 0.15) is 0 Å². The summed E-state index contributed by atoms with van der Waals surface area (Å²) in [6, 6.07) is 5.86. The van der Waals surface area contributed by atoms with Crippen LogP contribution < -0.4 is 5.43 Å². The van der Waals surface area contributed by atoms with Crippen LogP contribution in [0.15, 0.2) is 42.7 Å². The zero-order chi connectivity index (χ0) is 12.5. The van der Waals surface area contributed by atoms with Gasteiger partial charge in [-0.2, -0.15) is 0 Å². The van der Waals surface area contributed by atoms with E-state index < -0.39 is 0 Å². The number of nitrogens with zero attached hydrogens (tertiary/aromatic N) is 2. The summed E-state index contributed by atoms with van der Waals surface area (Å²) in [5.74, 6) is 0.657. The number of hydrogen-bond donors (Lipinski definition) is 1. The van der Waals surface area contributed by atoms with Crippen molar-refractivity contribution in [2.45, 2.75) is 13.8 Å². The average Bonchev–Trinajstić information content (AvgIpc) is 2.29. The zero-order valence-electron chi connectivity index (χ0n) is 10.8. The van der Waals surface area contributed by atoms with Gasteiger partial charge < -0.3 is 5.43 Å². The van der Waals surface area contributed by atoms with Crippen molar-refractivity contribution in [3.8, 4) is 0 Å². The van der Waals surface area contributed by atoms with E-state index in [9.17, 15) is 0 Å². The number of hydrazine groups is 1. The van der Waals surface area contributed by atoms with E-state index in [1.807, 2.05) is 49.7 Å². The first-order chi connectivity index (χ1) is 8.18. The van der Waals surface area contributed by atoms with Crippen molar-refractivity contribution in [3.05, 3.63) is 48.4 Å². The third kappa shape index (κ3) is 6.53. The van der Waals surface area contributed by atoms with Crippen molar-refractivity contribution in [3.63, 3.8) is 0 Å². The molecule has 1 aromatic heterocycles. The van der Waals surface area contributed by atoms with Gasteiger partial charge in [-0.15, -0.1) is 0 Å². The molecule has 1 aromatic rings. The number of aromatic nitrogens is 1. The van der Waals surface area contributed by atoms with Gasteiger partial charge in [0.15, 0.2) is 0 Å². The Morgan fingerprint density at radius 1 is 1.35 bits per heavy atom. The van der Waals surface area contributed by atoms with Crippen molar-refractivity contribution < 1.29 is 0 Å². The standard InChI is InChI=1S/C14H21N3/c1-13(2)12-17(3)16-11-7-5-9-14-8-4-6-10-15-14/h4-11,13,16H,12H2,1-3H3/b9-5-,11-7-. The molecular weight excluding hydrogens is 210 g/mol. The van der Waals surface area contributed by atoms with E-state index in [2.05, 4.69) is 29.3 Å². The van der Waals surface area contributed by atoms with Gasteiger partial charge in [-0.05, 0) is 30.2 Å². The topological polar surface area (TPSA) is 28.2 Å². The molecule has 3 heteroatoms. The summed E-state index contributed by atoms with van der Waals surface area (Å²) in [5.41, 5.74) is 4.15. The van der Waals surface area contributed by atoms with E-state index in [0.29, 0.717) is 5.92 Å². The molecule has 0 spiro atoms. The lowest BCUT2D eigenvalue weighted by molar-refractivity contribution is 0.245. The molecule has 0 unspecified atom stereocenters. The molecule has 92 valence electrons. The van der Waals surface area contributed by atoms with Crippen LogP contribution in [0, 0.1) is 5.92 Å². The van der Waals surface area contributed by atoms with Gasteiger partial charge in [0.05, 0.1) is 5.69 Å². The molecule has 0 radical (unpaired) electrons. The highest BCUT2D eigenvalue weighted by molar-refractivity contribution is 5.46. The number of nitrogens with one attached hydrogen (secondary N) is 1. The molecule has 0 aliphatic heterocycles. The summed E-state index contributed by atoms with van der Waals surface area (Å²) in [6.07, 6.45) is 9.62. The van der Waals surface area contributed by atoms with Crippen LogP contribution in [0.5, 0.6) is 0 Å². The van der Waals surface area contributed by atoms with E-state index in [0.717, 1.165) is 12.2 Å². The molecule has 0 fully saturated rings. The van der Waals surface area contributed by atoms with Crippen LogP contribution in [-0.4, -0.2) is 23.6 Å². The lowest BCUT2D eigenvalue weighted by atomic mass is 10.2. The number of hydrogen-bond acceptors (Lipinski definition) is 3. The van der Waals surface area contributed by atoms with Crippen LogP contribution in [-0.2, 0) is 0 Å². The number of allylic oxidation sites excluding steroid dienone is 2. The van der Waals surface area contributed by atoms with Gasteiger partial charge in [0.25, 0.3) is 0 Å². The lowest BCUT2D eigenvalue weighted by Gasteiger charge is -2.18. The van der Waals surface area contributed by atoms with Crippen molar-refractivity contribution in [1.29, 1.82) is 0 Å². The fourth-order valence-corrected chi connectivity index (χ4v) is 1.45. The molecule has 0 amide bonds. The van der Waals surface area contributed by atoms with Crippen LogP contribution in [0.25, 0.3) is 6.08 Å². The molecule has 0 bridgehead atoms. The van der Waals surface area contributed by atoms with Crippen molar-refractivity contribution >= 4 is 6.08 Å². The summed E-state index contributed by atoms with van der Waals surface area (Å²) in [6.45, 7) is 5.42. The minimum Gasteiger partial charge on any atom is -0.326 e. The molecule has 0 aliphatic carbocycles. The Bertz CT molecular complexity index is 355. The van der Waals surface area contributed by atoms with Crippen LogP contribution >= 0.6 is 0 Å². The molecule has 1 heterocycles. The van der Waals surface area contributed by atoms with E-state index in [-0.39, 0.29) is 0 Å². The Morgan fingerprint density at radius 3 is 2.82 bits per heavy atom. The Kier molecular flexibility index (Phi) is 6.04. The molecule has 1 N–H and O–H groups in total. The lowest BCUT2D eigenvalue weighted by Crippen LogP contribution is -2.33. The zero-order valence-corrected chi connectivity index (χ0v) is 10.8. The maximum absolute atomic E-state index is 4.20. The van der Waals surface area contributed by atoms with Gasteiger partial charge in [0, 0.05) is 26.0 Å². The number of rotatable bonds is 6. The highest BCUT2D eigenvalue weighted by Gasteiger charge is 1.96. The predicted octanol–water partition coefficient (Wildman–Crippen LogP) is 2.70.